The second-order valence-electron chi connectivity index (χ2n) is 4.82. The number of rotatable bonds is 9. The number of hydrogen-bond donors (Lipinski definition) is 2. The predicted octanol–water partition coefficient (Wildman–Crippen LogP) is 2.58. The highest BCUT2D eigenvalue weighted by Gasteiger charge is 2.27. The fourth-order valence-corrected chi connectivity index (χ4v) is 1.63. The average molecular weight is 300 g/mol. The van der Waals surface area contributed by atoms with Crippen molar-refractivity contribution < 1.29 is 18.3 Å². The molecular weight excluding hydrogens is 278 g/mol. The van der Waals surface area contributed by atoms with Crippen LogP contribution in [-0.2, 0) is 0 Å². The topological polar surface area (TPSA) is 64.3 Å². The molecule has 4 nitrogen and oxygen atoms in total. The standard InChI is InChI=1S/C15H22F2N2O2/c1-2-3-4-9-21-13-7-5-12(6-8-13)14(20)19-11-15(16,17)10-18/h5-8H,2-4,9-11,18H2,1H3,(H,19,20). The maximum absolute atomic E-state index is 12.9. The Labute approximate surface area is 123 Å². The van der Waals surface area contributed by atoms with Crippen molar-refractivity contribution in [2.45, 2.75) is 32.1 Å². The number of hydrogen-bond acceptors (Lipinski definition) is 3. The lowest BCUT2D eigenvalue weighted by Gasteiger charge is -2.14. The summed E-state index contributed by atoms with van der Waals surface area (Å²) in [5.41, 5.74) is 5.21. The molecule has 0 saturated carbocycles. The maximum Gasteiger partial charge on any atom is 0.277 e. The molecule has 0 unspecified atom stereocenters. The lowest BCUT2D eigenvalue weighted by molar-refractivity contribution is 0.0118. The van der Waals surface area contributed by atoms with Gasteiger partial charge >= 0.3 is 0 Å². The van der Waals surface area contributed by atoms with E-state index in [0.29, 0.717) is 17.9 Å². The molecule has 0 fully saturated rings. The summed E-state index contributed by atoms with van der Waals surface area (Å²) in [4.78, 5) is 11.7. The maximum atomic E-state index is 12.9. The van der Waals surface area contributed by atoms with Gasteiger partial charge in [0.05, 0.1) is 19.7 Å². The molecule has 0 aliphatic heterocycles. The van der Waals surface area contributed by atoms with Crippen molar-refractivity contribution in [2.24, 2.45) is 5.73 Å². The molecule has 0 aliphatic rings. The number of nitrogens with two attached hydrogens (primary N) is 1. The lowest BCUT2D eigenvalue weighted by Crippen LogP contribution is -2.41. The normalized spacial score (nSPS) is 11.2. The Morgan fingerprint density at radius 1 is 1.29 bits per heavy atom. The van der Waals surface area contributed by atoms with Crippen molar-refractivity contribution in [3.8, 4) is 5.75 Å². The van der Waals surface area contributed by atoms with Crippen molar-refractivity contribution in [3.05, 3.63) is 29.8 Å². The molecule has 0 atom stereocenters. The van der Waals surface area contributed by atoms with Gasteiger partial charge in [-0.15, -0.1) is 0 Å². The van der Waals surface area contributed by atoms with Crippen LogP contribution in [0, 0.1) is 0 Å². The van der Waals surface area contributed by atoms with E-state index in [1.54, 1.807) is 24.3 Å². The quantitative estimate of drug-likeness (QED) is 0.689. The smallest absolute Gasteiger partial charge is 0.277 e. The molecule has 1 amide bonds. The molecule has 1 aromatic rings. The molecule has 0 heterocycles. The van der Waals surface area contributed by atoms with Crippen LogP contribution in [-0.4, -0.2) is 31.5 Å². The van der Waals surface area contributed by atoms with Crippen LogP contribution in [0.5, 0.6) is 5.75 Å². The number of amides is 1. The number of nitrogens with one attached hydrogen (secondary N) is 1. The SMILES string of the molecule is CCCCCOc1ccc(C(=O)NCC(F)(F)CN)cc1. The van der Waals surface area contributed by atoms with Gasteiger partial charge in [-0.2, -0.15) is 0 Å². The highest BCUT2D eigenvalue weighted by atomic mass is 19.3. The van der Waals surface area contributed by atoms with Crippen LogP contribution in [0.15, 0.2) is 24.3 Å². The Hall–Kier alpha value is -1.69. The van der Waals surface area contributed by atoms with Crippen LogP contribution in [0.3, 0.4) is 0 Å². The molecule has 0 saturated heterocycles. The van der Waals surface area contributed by atoms with E-state index in [-0.39, 0.29) is 0 Å². The summed E-state index contributed by atoms with van der Waals surface area (Å²) in [6.45, 7) is 1.18. The summed E-state index contributed by atoms with van der Waals surface area (Å²) in [5.74, 6) is -2.98. The number of unbranched alkanes of at least 4 members (excludes halogenated alkanes) is 2. The van der Waals surface area contributed by atoms with Gasteiger partial charge in [0.25, 0.3) is 11.8 Å². The van der Waals surface area contributed by atoms with Crippen LogP contribution in [0.2, 0.25) is 0 Å². The molecule has 118 valence electrons. The predicted molar refractivity (Wildman–Crippen MR) is 77.8 cm³/mol. The first kappa shape index (κ1) is 17.4. The molecule has 0 bridgehead atoms. The second-order valence-corrected chi connectivity index (χ2v) is 4.82. The first-order chi connectivity index (χ1) is 9.98. The van der Waals surface area contributed by atoms with Crippen LogP contribution < -0.4 is 15.8 Å². The molecule has 6 heteroatoms. The molecule has 1 aromatic carbocycles. The molecule has 0 radical (unpaired) electrons. The first-order valence-corrected chi connectivity index (χ1v) is 7.07. The van der Waals surface area contributed by atoms with E-state index in [4.69, 9.17) is 10.5 Å². The third-order valence-electron chi connectivity index (χ3n) is 2.94. The average Bonchev–Trinajstić information content (AvgIpc) is 2.50. The monoisotopic (exact) mass is 300 g/mol. The van der Waals surface area contributed by atoms with Crippen molar-refractivity contribution in [1.82, 2.24) is 5.32 Å². The van der Waals surface area contributed by atoms with E-state index >= 15 is 0 Å². The third kappa shape index (κ3) is 6.53. The molecule has 0 spiro atoms. The van der Waals surface area contributed by atoms with Crippen molar-refractivity contribution in [2.75, 3.05) is 19.7 Å². The number of carbonyl (C=O) groups excluding carboxylic acids is 1. The van der Waals surface area contributed by atoms with Crippen LogP contribution in [0.25, 0.3) is 0 Å². The minimum absolute atomic E-state index is 0.309. The fraction of sp³-hybridized carbons (Fsp3) is 0.533. The molecule has 0 aromatic heterocycles. The third-order valence-corrected chi connectivity index (χ3v) is 2.94. The molecular formula is C15H22F2N2O2. The van der Waals surface area contributed by atoms with Gasteiger partial charge in [-0.05, 0) is 30.7 Å². The van der Waals surface area contributed by atoms with Crippen molar-refractivity contribution in [1.29, 1.82) is 0 Å². The van der Waals surface area contributed by atoms with Gasteiger partial charge in [0.15, 0.2) is 0 Å². The largest absolute Gasteiger partial charge is 0.494 e. The van der Waals surface area contributed by atoms with E-state index < -0.39 is 24.9 Å². The van der Waals surface area contributed by atoms with Gasteiger partial charge in [-0.25, -0.2) is 8.78 Å². The first-order valence-electron chi connectivity index (χ1n) is 7.07. The van der Waals surface area contributed by atoms with Gasteiger partial charge in [0, 0.05) is 5.56 Å². The zero-order valence-corrected chi connectivity index (χ0v) is 12.2. The highest BCUT2D eigenvalue weighted by Crippen LogP contribution is 2.14. The lowest BCUT2D eigenvalue weighted by atomic mass is 10.2. The molecule has 21 heavy (non-hydrogen) atoms. The number of carbonyl (C=O) groups is 1. The summed E-state index contributed by atoms with van der Waals surface area (Å²) >= 11 is 0. The highest BCUT2D eigenvalue weighted by molar-refractivity contribution is 5.94. The van der Waals surface area contributed by atoms with Gasteiger partial charge in [0.1, 0.15) is 5.75 Å². The van der Waals surface area contributed by atoms with Gasteiger partial charge in [-0.1, -0.05) is 19.8 Å². The number of benzene rings is 1. The minimum Gasteiger partial charge on any atom is -0.494 e. The molecule has 0 aliphatic carbocycles. The second kappa shape index (κ2) is 8.56. The van der Waals surface area contributed by atoms with Gasteiger partial charge < -0.3 is 15.8 Å². The van der Waals surface area contributed by atoms with Crippen molar-refractivity contribution in [3.63, 3.8) is 0 Å². The van der Waals surface area contributed by atoms with Gasteiger partial charge in [0.2, 0.25) is 0 Å². The summed E-state index contributed by atoms with van der Waals surface area (Å²) in [7, 11) is 0. The zero-order chi connectivity index (χ0) is 15.7. The van der Waals surface area contributed by atoms with Gasteiger partial charge in [-0.3, -0.25) is 4.79 Å². The summed E-state index contributed by atoms with van der Waals surface area (Å²) in [6, 6.07) is 6.40. The number of ether oxygens (including phenoxy) is 1. The minimum atomic E-state index is -3.09. The Kier molecular flexibility index (Phi) is 7.08. The number of halogens is 2. The Morgan fingerprint density at radius 3 is 2.52 bits per heavy atom. The zero-order valence-electron chi connectivity index (χ0n) is 12.2. The van der Waals surface area contributed by atoms with E-state index in [0.717, 1.165) is 19.3 Å². The van der Waals surface area contributed by atoms with Crippen LogP contribution in [0.4, 0.5) is 8.78 Å². The van der Waals surface area contributed by atoms with E-state index in [2.05, 4.69) is 12.2 Å². The van der Waals surface area contributed by atoms with Crippen LogP contribution >= 0.6 is 0 Å². The van der Waals surface area contributed by atoms with Crippen molar-refractivity contribution >= 4 is 5.91 Å². The van der Waals surface area contributed by atoms with E-state index in [1.807, 2.05) is 0 Å². The number of alkyl halides is 2. The van der Waals surface area contributed by atoms with E-state index in [9.17, 15) is 13.6 Å². The van der Waals surface area contributed by atoms with Crippen LogP contribution in [0.1, 0.15) is 36.5 Å². The van der Waals surface area contributed by atoms with E-state index in [1.165, 1.54) is 0 Å². The Bertz CT molecular complexity index is 436. The summed E-state index contributed by atoms with van der Waals surface area (Å²) in [6.07, 6.45) is 3.21. The molecule has 1 rings (SSSR count). The fourth-order valence-electron chi connectivity index (χ4n) is 1.63. The summed E-state index contributed by atoms with van der Waals surface area (Å²) < 4.78 is 31.4. The summed E-state index contributed by atoms with van der Waals surface area (Å²) in [5, 5.41) is 2.16. The Morgan fingerprint density at radius 2 is 1.95 bits per heavy atom. The Balaban J connectivity index is 2.44. The molecule has 3 N–H and O–H groups in total.